The molecule has 1 amide bonds. The van der Waals surface area contributed by atoms with Crippen molar-refractivity contribution >= 4 is 24.5 Å². The fraction of sp³-hybridized carbons (Fsp3) is 0.227. The van der Waals surface area contributed by atoms with Crippen molar-refractivity contribution in [2.75, 3.05) is 14.2 Å². The second-order valence-electron chi connectivity index (χ2n) is 6.51. The van der Waals surface area contributed by atoms with Crippen molar-refractivity contribution in [3.8, 4) is 0 Å². The SMILES string of the molecule is COP(=O)(OC)C(Cc1ccc2ccccc2c1)NC(=O)OCc1ccccc1. The van der Waals surface area contributed by atoms with Gasteiger partial charge in [0, 0.05) is 20.6 Å². The first-order chi connectivity index (χ1) is 14.0. The normalized spacial score (nSPS) is 12.5. The van der Waals surface area contributed by atoms with E-state index in [4.69, 9.17) is 13.8 Å². The summed E-state index contributed by atoms with van der Waals surface area (Å²) in [4.78, 5) is 12.3. The molecule has 0 saturated carbocycles. The molecule has 1 atom stereocenters. The number of benzene rings is 3. The maximum atomic E-state index is 13.0. The fourth-order valence-corrected chi connectivity index (χ4v) is 4.42. The Morgan fingerprint density at radius 2 is 1.55 bits per heavy atom. The molecule has 29 heavy (non-hydrogen) atoms. The van der Waals surface area contributed by atoms with Gasteiger partial charge in [0.05, 0.1) is 0 Å². The Kier molecular flexibility index (Phi) is 7.04. The number of ether oxygens (including phenoxy) is 1. The highest BCUT2D eigenvalue weighted by molar-refractivity contribution is 7.54. The van der Waals surface area contributed by atoms with Crippen LogP contribution in [0, 0.1) is 0 Å². The van der Waals surface area contributed by atoms with Gasteiger partial charge in [0.25, 0.3) is 0 Å². The first-order valence-corrected chi connectivity index (χ1v) is 10.8. The fourth-order valence-electron chi connectivity index (χ4n) is 3.06. The molecule has 6 nitrogen and oxygen atoms in total. The molecule has 0 fully saturated rings. The van der Waals surface area contributed by atoms with E-state index < -0.39 is 19.5 Å². The maximum absolute atomic E-state index is 13.0. The lowest BCUT2D eigenvalue weighted by molar-refractivity contribution is 0.136. The van der Waals surface area contributed by atoms with Crippen LogP contribution in [-0.4, -0.2) is 26.1 Å². The lowest BCUT2D eigenvalue weighted by Crippen LogP contribution is -2.37. The maximum Gasteiger partial charge on any atom is 0.408 e. The molecule has 3 rings (SSSR count). The van der Waals surface area contributed by atoms with Crippen molar-refractivity contribution in [2.24, 2.45) is 0 Å². The molecule has 0 saturated heterocycles. The Bertz CT molecular complexity index is 1000. The van der Waals surface area contributed by atoms with Crippen LogP contribution in [-0.2, 0) is 31.4 Å². The summed E-state index contributed by atoms with van der Waals surface area (Å²) in [6.07, 6.45) is -0.418. The zero-order valence-corrected chi connectivity index (χ0v) is 17.3. The second kappa shape index (κ2) is 9.70. The average molecular weight is 413 g/mol. The predicted octanol–water partition coefficient (Wildman–Crippen LogP) is 5.12. The predicted molar refractivity (Wildman–Crippen MR) is 113 cm³/mol. The summed E-state index contributed by atoms with van der Waals surface area (Å²) in [6.45, 7) is 0.111. The van der Waals surface area contributed by atoms with Gasteiger partial charge in [-0.3, -0.25) is 4.57 Å². The molecule has 0 aromatic heterocycles. The van der Waals surface area contributed by atoms with Crippen LogP contribution >= 0.6 is 7.60 Å². The molecule has 0 heterocycles. The highest BCUT2D eigenvalue weighted by atomic mass is 31.2. The van der Waals surface area contributed by atoms with Crippen LogP contribution in [0.3, 0.4) is 0 Å². The largest absolute Gasteiger partial charge is 0.445 e. The number of fused-ring (bicyclic) bond motifs is 1. The van der Waals surface area contributed by atoms with Gasteiger partial charge in [-0.15, -0.1) is 0 Å². The minimum Gasteiger partial charge on any atom is -0.445 e. The first-order valence-electron chi connectivity index (χ1n) is 9.20. The van der Waals surface area contributed by atoms with E-state index in [2.05, 4.69) is 5.32 Å². The Balaban J connectivity index is 1.75. The zero-order valence-electron chi connectivity index (χ0n) is 16.4. The van der Waals surface area contributed by atoms with Crippen molar-refractivity contribution in [1.29, 1.82) is 0 Å². The van der Waals surface area contributed by atoms with Crippen LogP contribution in [0.2, 0.25) is 0 Å². The molecular formula is C22H24NO5P. The van der Waals surface area contributed by atoms with Gasteiger partial charge in [0.15, 0.2) is 0 Å². The van der Waals surface area contributed by atoms with E-state index in [1.165, 1.54) is 14.2 Å². The number of carbonyl (C=O) groups excluding carboxylic acids is 1. The topological polar surface area (TPSA) is 73.9 Å². The summed E-state index contributed by atoms with van der Waals surface area (Å²) >= 11 is 0. The number of amides is 1. The van der Waals surface area contributed by atoms with Crippen LogP contribution in [0.4, 0.5) is 4.79 Å². The molecule has 3 aromatic carbocycles. The summed E-state index contributed by atoms with van der Waals surface area (Å²) in [6, 6.07) is 23.2. The highest BCUT2D eigenvalue weighted by Gasteiger charge is 2.36. The van der Waals surface area contributed by atoms with E-state index >= 15 is 0 Å². The Labute approximate surface area is 170 Å². The molecule has 0 spiro atoms. The van der Waals surface area contributed by atoms with Crippen LogP contribution in [0.15, 0.2) is 72.8 Å². The molecule has 0 aliphatic heterocycles. The molecule has 0 bridgehead atoms. The molecule has 0 aliphatic carbocycles. The molecule has 1 N–H and O–H groups in total. The van der Waals surface area contributed by atoms with Gasteiger partial charge in [-0.25, -0.2) is 4.79 Å². The van der Waals surface area contributed by atoms with Gasteiger partial charge in [0.1, 0.15) is 12.4 Å². The molecule has 0 aliphatic rings. The van der Waals surface area contributed by atoms with E-state index in [0.29, 0.717) is 0 Å². The van der Waals surface area contributed by atoms with Crippen LogP contribution in [0.25, 0.3) is 10.8 Å². The summed E-state index contributed by atoms with van der Waals surface area (Å²) in [5.74, 6) is -0.887. The molecule has 0 radical (unpaired) electrons. The minimum atomic E-state index is -3.58. The molecule has 1 unspecified atom stereocenters. The third-order valence-corrected chi connectivity index (χ3v) is 6.72. The number of carbonyl (C=O) groups is 1. The van der Waals surface area contributed by atoms with Gasteiger partial charge in [-0.2, -0.15) is 0 Å². The van der Waals surface area contributed by atoms with E-state index in [-0.39, 0.29) is 13.0 Å². The van der Waals surface area contributed by atoms with Crippen LogP contribution in [0.5, 0.6) is 0 Å². The molecule has 7 heteroatoms. The smallest absolute Gasteiger partial charge is 0.408 e. The zero-order chi connectivity index (χ0) is 20.7. The number of nitrogens with one attached hydrogen (secondary N) is 1. The third kappa shape index (κ3) is 5.45. The van der Waals surface area contributed by atoms with E-state index in [1.54, 1.807) is 0 Å². The van der Waals surface area contributed by atoms with E-state index in [0.717, 1.165) is 21.9 Å². The summed E-state index contributed by atoms with van der Waals surface area (Å²) in [7, 11) is -0.978. The Hall–Kier alpha value is -2.66. The number of hydrogen-bond donors (Lipinski definition) is 1. The molecule has 3 aromatic rings. The molecule has 152 valence electrons. The first kappa shape index (κ1) is 21.1. The van der Waals surface area contributed by atoms with Crippen molar-refractivity contribution in [1.82, 2.24) is 5.32 Å². The average Bonchev–Trinajstić information content (AvgIpc) is 2.77. The number of rotatable bonds is 8. The van der Waals surface area contributed by atoms with Crippen molar-refractivity contribution in [3.05, 3.63) is 83.9 Å². The van der Waals surface area contributed by atoms with E-state index in [1.807, 2.05) is 72.8 Å². The van der Waals surface area contributed by atoms with Crippen LogP contribution in [0.1, 0.15) is 11.1 Å². The Morgan fingerprint density at radius 1 is 0.897 bits per heavy atom. The number of alkyl carbamates (subject to hydrolysis) is 1. The lowest BCUT2D eigenvalue weighted by Gasteiger charge is -2.25. The summed E-state index contributed by atoms with van der Waals surface area (Å²) in [5.41, 5.74) is 1.75. The highest BCUT2D eigenvalue weighted by Crippen LogP contribution is 2.51. The van der Waals surface area contributed by atoms with Crippen molar-refractivity contribution in [3.63, 3.8) is 0 Å². The van der Waals surface area contributed by atoms with Crippen molar-refractivity contribution in [2.45, 2.75) is 18.8 Å². The summed E-state index contributed by atoms with van der Waals surface area (Å²) < 4.78 is 28.6. The lowest BCUT2D eigenvalue weighted by atomic mass is 10.1. The standard InChI is InChI=1S/C22H24NO5P/c1-26-29(25,27-2)21(23-22(24)28-16-17-8-4-3-5-9-17)15-18-12-13-19-10-6-7-11-20(19)14-18/h3-14,21H,15-16H2,1-2H3,(H,23,24). The van der Waals surface area contributed by atoms with E-state index in [9.17, 15) is 9.36 Å². The van der Waals surface area contributed by atoms with Gasteiger partial charge < -0.3 is 19.1 Å². The van der Waals surface area contributed by atoms with Crippen molar-refractivity contribution < 1.29 is 23.1 Å². The van der Waals surface area contributed by atoms with Gasteiger partial charge >= 0.3 is 13.7 Å². The third-order valence-electron chi connectivity index (χ3n) is 4.63. The second-order valence-corrected chi connectivity index (χ2v) is 8.95. The molecular weight excluding hydrogens is 389 g/mol. The van der Waals surface area contributed by atoms with Gasteiger partial charge in [-0.05, 0) is 21.9 Å². The Morgan fingerprint density at radius 3 is 2.24 bits per heavy atom. The van der Waals surface area contributed by atoms with Gasteiger partial charge in [0.2, 0.25) is 0 Å². The number of hydrogen-bond acceptors (Lipinski definition) is 5. The summed E-state index contributed by atoms with van der Waals surface area (Å²) in [5, 5.41) is 4.81. The monoisotopic (exact) mass is 413 g/mol. The minimum absolute atomic E-state index is 0.111. The van der Waals surface area contributed by atoms with Crippen LogP contribution < -0.4 is 5.32 Å². The quantitative estimate of drug-likeness (QED) is 0.519. The van der Waals surface area contributed by atoms with Gasteiger partial charge in [-0.1, -0.05) is 72.8 Å².